The van der Waals surface area contributed by atoms with E-state index in [0.29, 0.717) is 12.2 Å². The number of hydrogen-bond acceptors (Lipinski definition) is 6. The van der Waals surface area contributed by atoms with E-state index in [-0.39, 0.29) is 5.91 Å². The van der Waals surface area contributed by atoms with Crippen LogP contribution < -0.4 is 15.1 Å². The Bertz CT molecular complexity index is 893. The lowest BCUT2D eigenvalue weighted by Gasteiger charge is -2.35. The molecule has 1 aliphatic rings. The average molecular weight is 374 g/mol. The van der Waals surface area contributed by atoms with E-state index < -0.39 is 0 Å². The first kappa shape index (κ1) is 17.9. The number of aromatic nitrogens is 3. The first-order chi connectivity index (χ1) is 13.8. The van der Waals surface area contributed by atoms with Gasteiger partial charge < -0.3 is 15.1 Å². The topological polar surface area (TPSA) is 74.2 Å². The second kappa shape index (κ2) is 8.47. The lowest BCUT2D eigenvalue weighted by atomic mass is 10.2. The summed E-state index contributed by atoms with van der Waals surface area (Å²) in [4.78, 5) is 29.7. The molecule has 0 spiro atoms. The molecule has 1 aliphatic heterocycles. The molecule has 4 rings (SSSR count). The number of carbonyl (C=O) groups excluding carboxylic acids is 1. The van der Waals surface area contributed by atoms with Gasteiger partial charge >= 0.3 is 0 Å². The molecule has 2 aromatic heterocycles. The smallest absolute Gasteiger partial charge is 0.270 e. The lowest BCUT2D eigenvalue weighted by Crippen LogP contribution is -2.47. The largest absolute Gasteiger partial charge is 0.367 e. The Hall–Kier alpha value is -3.48. The van der Waals surface area contributed by atoms with Crippen LogP contribution in [0.5, 0.6) is 0 Å². The van der Waals surface area contributed by atoms with Gasteiger partial charge in [0.05, 0.1) is 11.9 Å². The Kier molecular flexibility index (Phi) is 5.42. The van der Waals surface area contributed by atoms with E-state index in [9.17, 15) is 4.79 Å². The van der Waals surface area contributed by atoms with Crippen molar-refractivity contribution in [3.63, 3.8) is 0 Å². The van der Waals surface area contributed by atoms with Crippen LogP contribution in [-0.4, -0.2) is 47.0 Å². The minimum absolute atomic E-state index is 0.165. The van der Waals surface area contributed by atoms with Crippen molar-refractivity contribution in [2.24, 2.45) is 0 Å². The summed E-state index contributed by atoms with van der Waals surface area (Å²) in [6, 6.07) is 15.4. The summed E-state index contributed by atoms with van der Waals surface area (Å²) >= 11 is 0. The minimum atomic E-state index is -0.165. The Labute approximate surface area is 164 Å². The van der Waals surface area contributed by atoms with Crippen molar-refractivity contribution in [3.05, 3.63) is 78.4 Å². The third-order valence-electron chi connectivity index (χ3n) is 4.76. The van der Waals surface area contributed by atoms with Crippen LogP contribution in [0.1, 0.15) is 16.1 Å². The van der Waals surface area contributed by atoms with E-state index in [4.69, 9.17) is 0 Å². The number of piperazine rings is 1. The maximum Gasteiger partial charge on any atom is 0.270 e. The molecule has 1 aromatic carbocycles. The van der Waals surface area contributed by atoms with Crippen molar-refractivity contribution < 1.29 is 4.79 Å². The van der Waals surface area contributed by atoms with Crippen LogP contribution in [0.2, 0.25) is 0 Å². The zero-order valence-corrected chi connectivity index (χ0v) is 15.5. The van der Waals surface area contributed by atoms with E-state index in [1.165, 1.54) is 0 Å². The molecule has 1 fully saturated rings. The van der Waals surface area contributed by atoms with Crippen molar-refractivity contribution >= 4 is 17.5 Å². The molecule has 0 radical (unpaired) electrons. The van der Waals surface area contributed by atoms with Gasteiger partial charge in [-0.25, -0.2) is 15.0 Å². The highest BCUT2D eigenvalue weighted by Gasteiger charge is 2.19. The van der Waals surface area contributed by atoms with Gasteiger partial charge in [0.25, 0.3) is 5.91 Å². The average Bonchev–Trinajstić information content (AvgIpc) is 2.79. The number of anilines is 2. The molecule has 0 aliphatic carbocycles. The van der Waals surface area contributed by atoms with E-state index in [1.807, 2.05) is 42.5 Å². The SMILES string of the molecule is O=C(NCc1ccccc1)c1ccc(N2CCN(c3ncccn3)CC2)cn1. The number of benzene rings is 1. The fourth-order valence-corrected chi connectivity index (χ4v) is 3.20. The molecule has 7 nitrogen and oxygen atoms in total. The Balaban J connectivity index is 1.31. The predicted molar refractivity (Wildman–Crippen MR) is 108 cm³/mol. The fourth-order valence-electron chi connectivity index (χ4n) is 3.20. The van der Waals surface area contributed by atoms with Crippen LogP contribution >= 0.6 is 0 Å². The molecule has 7 heteroatoms. The zero-order chi connectivity index (χ0) is 19.2. The first-order valence-electron chi connectivity index (χ1n) is 9.35. The Morgan fingerprint density at radius 1 is 0.857 bits per heavy atom. The summed E-state index contributed by atoms with van der Waals surface area (Å²) < 4.78 is 0. The maximum absolute atomic E-state index is 12.3. The number of nitrogens with zero attached hydrogens (tertiary/aromatic N) is 5. The number of pyridine rings is 1. The zero-order valence-electron chi connectivity index (χ0n) is 15.5. The number of amides is 1. The van der Waals surface area contributed by atoms with Gasteiger partial charge in [-0.05, 0) is 23.8 Å². The maximum atomic E-state index is 12.3. The highest BCUT2D eigenvalue weighted by Crippen LogP contribution is 2.17. The van der Waals surface area contributed by atoms with Crippen molar-refractivity contribution in [2.45, 2.75) is 6.54 Å². The van der Waals surface area contributed by atoms with Crippen LogP contribution in [0.15, 0.2) is 67.1 Å². The molecule has 1 N–H and O–H groups in total. The van der Waals surface area contributed by atoms with Crippen LogP contribution in [0.3, 0.4) is 0 Å². The fraction of sp³-hybridized carbons (Fsp3) is 0.238. The summed E-state index contributed by atoms with van der Waals surface area (Å²) in [5, 5.41) is 2.90. The first-order valence-corrected chi connectivity index (χ1v) is 9.35. The summed E-state index contributed by atoms with van der Waals surface area (Å²) in [6.07, 6.45) is 5.30. The van der Waals surface area contributed by atoms with E-state index >= 15 is 0 Å². The summed E-state index contributed by atoms with van der Waals surface area (Å²) in [5.74, 6) is 0.604. The third kappa shape index (κ3) is 4.25. The van der Waals surface area contributed by atoms with E-state index in [0.717, 1.165) is 43.4 Å². The standard InChI is InChI=1S/C21H22N6O/c28-20(25-15-17-5-2-1-3-6-17)19-8-7-18(16-24-19)26-11-13-27(14-12-26)21-22-9-4-10-23-21/h1-10,16H,11-15H2,(H,25,28). The molecule has 3 heterocycles. The second-order valence-corrected chi connectivity index (χ2v) is 6.59. The molecule has 3 aromatic rings. The van der Waals surface area contributed by atoms with Gasteiger partial charge in [-0.2, -0.15) is 0 Å². The molecule has 0 unspecified atom stereocenters. The highest BCUT2D eigenvalue weighted by molar-refractivity contribution is 5.92. The third-order valence-corrected chi connectivity index (χ3v) is 4.76. The van der Waals surface area contributed by atoms with Gasteiger partial charge in [0, 0.05) is 45.1 Å². The van der Waals surface area contributed by atoms with Gasteiger partial charge in [-0.15, -0.1) is 0 Å². The van der Waals surface area contributed by atoms with Gasteiger partial charge in [-0.3, -0.25) is 4.79 Å². The number of hydrogen-bond donors (Lipinski definition) is 1. The summed E-state index contributed by atoms with van der Waals surface area (Å²) in [6.45, 7) is 3.91. The molecule has 1 amide bonds. The van der Waals surface area contributed by atoms with Crippen molar-refractivity contribution in [2.75, 3.05) is 36.0 Å². The molecule has 0 saturated carbocycles. The van der Waals surface area contributed by atoms with Gasteiger partial charge in [0.15, 0.2) is 0 Å². The van der Waals surface area contributed by atoms with Crippen molar-refractivity contribution in [3.8, 4) is 0 Å². The molecule has 142 valence electrons. The molecule has 0 atom stereocenters. The van der Waals surface area contributed by atoms with Crippen molar-refractivity contribution in [1.82, 2.24) is 20.3 Å². The van der Waals surface area contributed by atoms with E-state index in [1.54, 1.807) is 24.7 Å². The normalized spacial score (nSPS) is 14.0. The van der Waals surface area contributed by atoms with E-state index in [2.05, 4.69) is 30.1 Å². The second-order valence-electron chi connectivity index (χ2n) is 6.59. The van der Waals surface area contributed by atoms with Crippen LogP contribution in [0, 0.1) is 0 Å². The molecular formula is C21H22N6O. The van der Waals surface area contributed by atoms with Crippen LogP contribution in [0.4, 0.5) is 11.6 Å². The highest BCUT2D eigenvalue weighted by atomic mass is 16.1. The molecular weight excluding hydrogens is 352 g/mol. The van der Waals surface area contributed by atoms with Gasteiger partial charge in [-0.1, -0.05) is 30.3 Å². The van der Waals surface area contributed by atoms with Gasteiger partial charge in [0.1, 0.15) is 5.69 Å². The Morgan fingerprint density at radius 2 is 1.57 bits per heavy atom. The number of rotatable bonds is 5. The quantitative estimate of drug-likeness (QED) is 0.737. The van der Waals surface area contributed by atoms with Crippen LogP contribution in [-0.2, 0) is 6.54 Å². The predicted octanol–water partition coefficient (Wildman–Crippen LogP) is 2.13. The molecule has 1 saturated heterocycles. The molecule has 0 bridgehead atoms. The number of nitrogens with one attached hydrogen (secondary N) is 1. The number of carbonyl (C=O) groups is 1. The summed E-state index contributed by atoms with van der Waals surface area (Å²) in [7, 11) is 0. The minimum Gasteiger partial charge on any atom is -0.367 e. The van der Waals surface area contributed by atoms with Gasteiger partial charge in [0.2, 0.25) is 5.95 Å². The Morgan fingerprint density at radius 3 is 2.25 bits per heavy atom. The summed E-state index contributed by atoms with van der Waals surface area (Å²) in [5.41, 5.74) is 2.51. The van der Waals surface area contributed by atoms with Crippen LogP contribution in [0.25, 0.3) is 0 Å². The van der Waals surface area contributed by atoms with Crippen molar-refractivity contribution in [1.29, 1.82) is 0 Å². The monoisotopic (exact) mass is 374 g/mol. The molecule has 28 heavy (non-hydrogen) atoms. The lowest BCUT2D eigenvalue weighted by molar-refractivity contribution is 0.0946.